The van der Waals surface area contributed by atoms with E-state index in [1.165, 1.54) is 12.1 Å². The minimum atomic E-state index is -4.37. The third-order valence-corrected chi connectivity index (χ3v) is 2.80. The van der Waals surface area contributed by atoms with Crippen molar-refractivity contribution >= 4 is 17.3 Å². The van der Waals surface area contributed by atoms with Crippen LogP contribution in [0, 0.1) is 0 Å². The molecule has 2 aromatic carbocycles. The summed E-state index contributed by atoms with van der Waals surface area (Å²) in [6.07, 6.45) is -4.37. The summed E-state index contributed by atoms with van der Waals surface area (Å²) in [6, 6.07) is 11.4. The number of nitrogens with two attached hydrogens (primary N) is 1. The zero-order chi connectivity index (χ0) is 14.8. The summed E-state index contributed by atoms with van der Waals surface area (Å²) in [5, 5.41) is 0.555. The second kappa shape index (κ2) is 5.63. The first kappa shape index (κ1) is 14.5. The second-order valence-electron chi connectivity index (χ2n) is 4.16. The number of ether oxygens (including phenoxy) is 1. The van der Waals surface area contributed by atoms with Crippen LogP contribution < -0.4 is 10.5 Å². The smallest absolute Gasteiger partial charge is 0.422 e. The molecule has 0 amide bonds. The van der Waals surface area contributed by atoms with Crippen molar-refractivity contribution in [2.75, 3.05) is 12.3 Å². The van der Waals surface area contributed by atoms with Crippen molar-refractivity contribution in [3.05, 3.63) is 47.5 Å². The van der Waals surface area contributed by atoms with E-state index in [9.17, 15) is 13.2 Å². The molecule has 2 nitrogen and oxygen atoms in total. The molecule has 0 radical (unpaired) electrons. The predicted molar refractivity (Wildman–Crippen MR) is 72.9 cm³/mol. The number of hydrogen-bond donors (Lipinski definition) is 1. The van der Waals surface area contributed by atoms with E-state index in [1.807, 2.05) is 6.07 Å². The van der Waals surface area contributed by atoms with Gasteiger partial charge in [-0.1, -0.05) is 23.7 Å². The van der Waals surface area contributed by atoms with Crippen LogP contribution in [-0.4, -0.2) is 12.8 Å². The zero-order valence-electron chi connectivity index (χ0n) is 10.2. The number of benzene rings is 2. The van der Waals surface area contributed by atoms with Gasteiger partial charge in [0.25, 0.3) is 0 Å². The molecule has 0 atom stereocenters. The van der Waals surface area contributed by atoms with Crippen LogP contribution in [0.3, 0.4) is 0 Å². The molecule has 2 N–H and O–H groups in total. The van der Waals surface area contributed by atoms with Crippen molar-refractivity contribution in [2.45, 2.75) is 6.18 Å². The van der Waals surface area contributed by atoms with Crippen LogP contribution in [0.2, 0.25) is 5.02 Å². The Labute approximate surface area is 118 Å². The van der Waals surface area contributed by atoms with E-state index in [0.717, 1.165) is 5.56 Å². The first-order valence-corrected chi connectivity index (χ1v) is 6.08. The van der Waals surface area contributed by atoms with Crippen LogP contribution >= 0.6 is 11.6 Å². The predicted octanol–water partition coefficient (Wildman–Crippen LogP) is 4.53. The molecular weight excluding hydrogens is 291 g/mol. The fourth-order valence-corrected chi connectivity index (χ4v) is 1.90. The molecule has 0 heterocycles. The maximum atomic E-state index is 12.1. The molecule has 0 unspecified atom stereocenters. The number of rotatable bonds is 3. The molecule has 0 saturated carbocycles. The van der Waals surface area contributed by atoms with Crippen LogP contribution in [0.25, 0.3) is 11.1 Å². The Morgan fingerprint density at radius 3 is 2.45 bits per heavy atom. The molecule has 106 valence electrons. The van der Waals surface area contributed by atoms with Gasteiger partial charge in [-0.25, -0.2) is 0 Å². The number of alkyl halides is 3. The fraction of sp³-hybridized carbons (Fsp3) is 0.143. The Balaban J connectivity index is 2.22. The summed E-state index contributed by atoms with van der Waals surface area (Å²) in [4.78, 5) is 0. The second-order valence-corrected chi connectivity index (χ2v) is 4.60. The number of nitrogen functional groups attached to an aromatic ring is 1. The normalized spacial score (nSPS) is 11.4. The standard InChI is InChI=1S/C14H11ClF3NO/c15-10-3-1-2-9(6-10)12-5-4-11(7-13(12)19)20-8-14(16,17)18/h1-7H,8,19H2. The Morgan fingerprint density at radius 2 is 1.85 bits per heavy atom. The summed E-state index contributed by atoms with van der Waals surface area (Å²) in [7, 11) is 0. The van der Waals surface area contributed by atoms with E-state index >= 15 is 0 Å². The van der Waals surface area contributed by atoms with Crippen LogP contribution in [0.5, 0.6) is 5.75 Å². The summed E-state index contributed by atoms with van der Waals surface area (Å²) >= 11 is 5.89. The van der Waals surface area contributed by atoms with E-state index in [2.05, 4.69) is 4.74 Å². The van der Waals surface area contributed by atoms with Crippen LogP contribution in [0.1, 0.15) is 0 Å². The topological polar surface area (TPSA) is 35.2 Å². The van der Waals surface area contributed by atoms with E-state index < -0.39 is 12.8 Å². The maximum absolute atomic E-state index is 12.1. The first-order chi connectivity index (χ1) is 9.35. The molecule has 0 saturated heterocycles. The molecule has 0 spiro atoms. The lowest BCUT2D eigenvalue weighted by atomic mass is 10.0. The highest BCUT2D eigenvalue weighted by molar-refractivity contribution is 6.30. The van der Waals surface area contributed by atoms with Gasteiger partial charge < -0.3 is 10.5 Å². The molecule has 0 aromatic heterocycles. The van der Waals surface area contributed by atoms with E-state index in [-0.39, 0.29) is 5.75 Å². The lowest BCUT2D eigenvalue weighted by Gasteiger charge is -2.12. The van der Waals surface area contributed by atoms with Gasteiger partial charge in [0.2, 0.25) is 0 Å². The molecule has 2 rings (SSSR count). The molecule has 0 fully saturated rings. The Morgan fingerprint density at radius 1 is 1.10 bits per heavy atom. The average molecular weight is 302 g/mol. The monoisotopic (exact) mass is 301 g/mol. The van der Waals surface area contributed by atoms with Gasteiger partial charge in [-0.2, -0.15) is 13.2 Å². The van der Waals surface area contributed by atoms with Crippen LogP contribution in [0.4, 0.5) is 18.9 Å². The molecular formula is C14H11ClF3NO. The largest absolute Gasteiger partial charge is 0.484 e. The van der Waals surface area contributed by atoms with Crippen molar-refractivity contribution < 1.29 is 17.9 Å². The van der Waals surface area contributed by atoms with Gasteiger partial charge in [0.1, 0.15) is 5.75 Å². The molecule has 0 aliphatic carbocycles. The first-order valence-electron chi connectivity index (χ1n) is 5.70. The lowest BCUT2D eigenvalue weighted by molar-refractivity contribution is -0.153. The van der Waals surface area contributed by atoms with Crippen molar-refractivity contribution in [3.63, 3.8) is 0 Å². The Hall–Kier alpha value is -1.88. The highest BCUT2D eigenvalue weighted by atomic mass is 35.5. The summed E-state index contributed by atoms with van der Waals surface area (Å²) in [5.74, 6) is 0.0746. The van der Waals surface area contributed by atoms with Gasteiger partial charge in [-0.15, -0.1) is 0 Å². The molecule has 6 heteroatoms. The lowest BCUT2D eigenvalue weighted by Crippen LogP contribution is -2.19. The SMILES string of the molecule is Nc1cc(OCC(F)(F)F)ccc1-c1cccc(Cl)c1. The zero-order valence-corrected chi connectivity index (χ0v) is 11.0. The minimum Gasteiger partial charge on any atom is -0.484 e. The fourth-order valence-electron chi connectivity index (χ4n) is 1.71. The van der Waals surface area contributed by atoms with Crippen LogP contribution in [-0.2, 0) is 0 Å². The van der Waals surface area contributed by atoms with Gasteiger partial charge in [0, 0.05) is 22.3 Å². The molecule has 20 heavy (non-hydrogen) atoms. The van der Waals surface area contributed by atoms with E-state index in [1.54, 1.807) is 24.3 Å². The van der Waals surface area contributed by atoms with Gasteiger partial charge in [0.15, 0.2) is 6.61 Å². The summed E-state index contributed by atoms with van der Waals surface area (Å²) < 4.78 is 40.8. The third kappa shape index (κ3) is 3.81. The molecule has 0 aliphatic rings. The van der Waals surface area contributed by atoms with Crippen molar-refractivity contribution in [2.24, 2.45) is 0 Å². The Bertz CT molecular complexity index is 614. The van der Waals surface area contributed by atoms with E-state index in [4.69, 9.17) is 17.3 Å². The van der Waals surface area contributed by atoms with Crippen LogP contribution in [0.15, 0.2) is 42.5 Å². The van der Waals surface area contributed by atoms with Gasteiger partial charge in [0.05, 0.1) is 0 Å². The quantitative estimate of drug-likeness (QED) is 0.845. The van der Waals surface area contributed by atoms with Crippen molar-refractivity contribution in [1.82, 2.24) is 0 Å². The van der Waals surface area contributed by atoms with Gasteiger partial charge in [-0.3, -0.25) is 0 Å². The van der Waals surface area contributed by atoms with E-state index in [0.29, 0.717) is 16.3 Å². The van der Waals surface area contributed by atoms with Crippen molar-refractivity contribution in [3.8, 4) is 16.9 Å². The summed E-state index contributed by atoms with van der Waals surface area (Å²) in [6.45, 7) is -1.34. The number of anilines is 1. The summed E-state index contributed by atoms with van der Waals surface area (Å²) in [5.41, 5.74) is 7.64. The highest BCUT2D eigenvalue weighted by Gasteiger charge is 2.28. The molecule has 0 aliphatic heterocycles. The van der Waals surface area contributed by atoms with Crippen molar-refractivity contribution in [1.29, 1.82) is 0 Å². The third-order valence-electron chi connectivity index (χ3n) is 2.56. The Kier molecular flexibility index (Phi) is 4.09. The maximum Gasteiger partial charge on any atom is 0.422 e. The molecule has 0 bridgehead atoms. The highest BCUT2D eigenvalue weighted by Crippen LogP contribution is 2.31. The minimum absolute atomic E-state index is 0.0746. The number of halogens is 4. The average Bonchev–Trinajstić information content (AvgIpc) is 2.35. The van der Waals surface area contributed by atoms with Gasteiger partial charge >= 0.3 is 6.18 Å². The molecule has 2 aromatic rings. The van der Waals surface area contributed by atoms with Gasteiger partial charge in [-0.05, 0) is 29.8 Å². The number of hydrogen-bond acceptors (Lipinski definition) is 2.